The van der Waals surface area contributed by atoms with Gasteiger partial charge in [-0.25, -0.2) is 9.78 Å². The molecule has 0 aliphatic rings. The third kappa shape index (κ3) is 2.78. The summed E-state index contributed by atoms with van der Waals surface area (Å²) in [6.45, 7) is 0. The lowest BCUT2D eigenvalue weighted by atomic mass is 10.5. The lowest BCUT2D eigenvalue weighted by Gasteiger charge is -2.00. The van der Waals surface area contributed by atoms with Gasteiger partial charge in [-0.15, -0.1) is 0 Å². The predicted octanol–water partition coefficient (Wildman–Crippen LogP) is 2.06. The van der Waals surface area contributed by atoms with E-state index in [4.69, 9.17) is 5.73 Å². The minimum Gasteiger partial charge on any atom is -0.410 e. The number of nitrogens with two attached hydrogens (primary N) is 1. The zero-order valence-electron chi connectivity index (χ0n) is 5.75. The van der Waals surface area contributed by atoms with Gasteiger partial charge in [-0.3, -0.25) is 0 Å². The van der Waals surface area contributed by atoms with Gasteiger partial charge in [-0.05, 0) is 31.9 Å². The molecule has 0 spiro atoms. The SMILES string of the molecule is NC(=O)Oc1cc(Br)nc(Br)c1. The van der Waals surface area contributed by atoms with E-state index in [1.165, 1.54) is 12.1 Å². The number of carbonyl (C=O) groups is 1. The van der Waals surface area contributed by atoms with Gasteiger partial charge in [0.25, 0.3) is 0 Å². The van der Waals surface area contributed by atoms with Crippen molar-refractivity contribution in [3.8, 4) is 5.75 Å². The van der Waals surface area contributed by atoms with Crippen LogP contribution in [-0.2, 0) is 0 Å². The van der Waals surface area contributed by atoms with E-state index in [0.29, 0.717) is 15.0 Å². The van der Waals surface area contributed by atoms with Crippen molar-refractivity contribution in [2.75, 3.05) is 0 Å². The normalized spacial score (nSPS) is 9.50. The van der Waals surface area contributed by atoms with Crippen molar-refractivity contribution >= 4 is 38.0 Å². The Labute approximate surface area is 85.4 Å². The van der Waals surface area contributed by atoms with Gasteiger partial charge in [0.15, 0.2) is 0 Å². The number of halogens is 2. The van der Waals surface area contributed by atoms with Gasteiger partial charge in [0.05, 0.1) is 0 Å². The molecule has 1 rings (SSSR count). The Hall–Kier alpha value is -0.620. The fourth-order valence-electron chi connectivity index (χ4n) is 0.618. The van der Waals surface area contributed by atoms with Crippen molar-refractivity contribution in [1.29, 1.82) is 0 Å². The fourth-order valence-corrected chi connectivity index (χ4v) is 1.69. The molecule has 0 saturated carbocycles. The van der Waals surface area contributed by atoms with Gasteiger partial charge in [0.1, 0.15) is 15.0 Å². The maximum Gasteiger partial charge on any atom is 0.409 e. The molecule has 0 saturated heterocycles. The van der Waals surface area contributed by atoms with Crippen molar-refractivity contribution < 1.29 is 9.53 Å². The Morgan fingerprint density at radius 1 is 1.42 bits per heavy atom. The monoisotopic (exact) mass is 294 g/mol. The summed E-state index contributed by atoms with van der Waals surface area (Å²) in [7, 11) is 0. The van der Waals surface area contributed by atoms with Crippen LogP contribution in [0.5, 0.6) is 5.75 Å². The molecule has 1 heterocycles. The molecule has 0 aliphatic carbocycles. The van der Waals surface area contributed by atoms with Gasteiger partial charge in [0.2, 0.25) is 0 Å². The van der Waals surface area contributed by atoms with Crippen molar-refractivity contribution in [1.82, 2.24) is 4.98 Å². The number of aromatic nitrogens is 1. The number of hydrogen-bond donors (Lipinski definition) is 1. The molecule has 0 unspecified atom stereocenters. The molecule has 0 atom stereocenters. The first-order chi connectivity index (χ1) is 5.58. The maximum atomic E-state index is 10.3. The van der Waals surface area contributed by atoms with Crippen LogP contribution in [0.2, 0.25) is 0 Å². The molecule has 64 valence electrons. The van der Waals surface area contributed by atoms with E-state index in [2.05, 4.69) is 41.6 Å². The molecule has 0 aromatic carbocycles. The smallest absolute Gasteiger partial charge is 0.409 e. The second-order valence-corrected chi connectivity index (χ2v) is 3.49. The second kappa shape index (κ2) is 3.86. The van der Waals surface area contributed by atoms with Crippen LogP contribution < -0.4 is 10.5 Å². The molecule has 4 nitrogen and oxygen atoms in total. The summed E-state index contributed by atoms with van der Waals surface area (Å²) in [4.78, 5) is 14.3. The molecule has 0 fully saturated rings. The van der Waals surface area contributed by atoms with Crippen molar-refractivity contribution in [3.05, 3.63) is 21.3 Å². The van der Waals surface area contributed by atoms with Gasteiger partial charge in [0, 0.05) is 12.1 Å². The minimum absolute atomic E-state index is 0.344. The molecule has 6 heteroatoms. The molecule has 0 aliphatic heterocycles. The summed E-state index contributed by atoms with van der Waals surface area (Å²) in [6, 6.07) is 3.07. The van der Waals surface area contributed by atoms with E-state index in [9.17, 15) is 4.79 Å². The first-order valence-electron chi connectivity index (χ1n) is 2.88. The fraction of sp³-hybridized carbons (Fsp3) is 0. The highest BCUT2D eigenvalue weighted by Gasteiger charge is 2.02. The first kappa shape index (κ1) is 9.47. The van der Waals surface area contributed by atoms with Crippen LogP contribution in [0.1, 0.15) is 0 Å². The third-order valence-corrected chi connectivity index (χ3v) is 1.77. The number of carbonyl (C=O) groups excluding carboxylic acids is 1. The molecule has 1 amide bonds. The highest BCUT2D eigenvalue weighted by Crippen LogP contribution is 2.21. The van der Waals surface area contributed by atoms with Crippen LogP contribution in [0.3, 0.4) is 0 Å². The minimum atomic E-state index is -0.847. The molecular weight excluding hydrogens is 292 g/mol. The second-order valence-electron chi connectivity index (χ2n) is 1.87. The van der Waals surface area contributed by atoms with Gasteiger partial charge < -0.3 is 10.5 Å². The molecule has 2 N–H and O–H groups in total. The van der Waals surface area contributed by atoms with Crippen LogP contribution in [0.4, 0.5) is 4.79 Å². The summed E-state index contributed by atoms with van der Waals surface area (Å²) in [5.41, 5.74) is 4.81. The molecule has 0 bridgehead atoms. The van der Waals surface area contributed by atoms with E-state index in [1.54, 1.807) is 0 Å². The van der Waals surface area contributed by atoms with Gasteiger partial charge in [-0.1, -0.05) is 0 Å². The van der Waals surface area contributed by atoms with E-state index < -0.39 is 6.09 Å². The van der Waals surface area contributed by atoms with Crippen LogP contribution >= 0.6 is 31.9 Å². The number of nitrogens with zero attached hydrogens (tertiary/aromatic N) is 1. The predicted molar refractivity (Wildman–Crippen MR) is 49.8 cm³/mol. The molecule has 0 radical (unpaired) electrons. The van der Waals surface area contributed by atoms with Crippen LogP contribution in [-0.4, -0.2) is 11.1 Å². The van der Waals surface area contributed by atoms with Crippen LogP contribution in [0.25, 0.3) is 0 Å². The van der Waals surface area contributed by atoms with E-state index in [-0.39, 0.29) is 0 Å². The largest absolute Gasteiger partial charge is 0.410 e. The lowest BCUT2D eigenvalue weighted by molar-refractivity contribution is 0.211. The Morgan fingerprint density at radius 3 is 2.33 bits per heavy atom. The number of amides is 1. The highest BCUT2D eigenvalue weighted by atomic mass is 79.9. The number of pyridine rings is 1. The Kier molecular flexibility index (Phi) is 3.05. The summed E-state index contributed by atoms with van der Waals surface area (Å²) in [6.07, 6.45) is -0.847. The average molecular weight is 296 g/mol. The van der Waals surface area contributed by atoms with Crippen molar-refractivity contribution in [2.24, 2.45) is 5.73 Å². The van der Waals surface area contributed by atoms with Gasteiger partial charge in [-0.2, -0.15) is 0 Å². The van der Waals surface area contributed by atoms with Crippen molar-refractivity contribution in [3.63, 3.8) is 0 Å². The molecule has 1 aromatic rings. The number of ether oxygens (including phenoxy) is 1. The Bertz CT molecular complexity index is 296. The zero-order chi connectivity index (χ0) is 9.14. The van der Waals surface area contributed by atoms with E-state index in [0.717, 1.165) is 0 Å². The van der Waals surface area contributed by atoms with Crippen LogP contribution in [0.15, 0.2) is 21.3 Å². The summed E-state index contributed by atoms with van der Waals surface area (Å²) in [5.74, 6) is 0.344. The summed E-state index contributed by atoms with van der Waals surface area (Å²) in [5, 5.41) is 0. The maximum absolute atomic E-state index is 10.3. The van der Waals surface area contributed by atoms with Gasteiger partial charge >= 0.3 is 6.09 Å². The van der Waals surface area contributed by atoms with E-state index in [1.807, 2.05) is 0 Å². The number of primary amides is 1. The van der Waals surface area contributed by atoms with Crippen molar-refractivity contribution in [2.45, 2.75) is 0 Å². The zero-order valence-corrected chi connectivity index (χ0v) is 8.92. The number of hydrogen-bond acceptors (Lipinski definition) is 3. The Morgan fingerprint density at radius 2 is 1.92 bits per heavy atom. The molecular formula is C6H4Br2N2O2. The third-order valence-electron chi connectivity index (χ3n) is 0.955. The molecule has 12 heavy (non-hydrogen) atoms. The van der Waals surface area contributed by atoms with Crippen LogP contribution in [0, 0.1) is 0 Å². The average Bonchev–Trinajstić information content (AvgIpc) is 1.81. The topological polar surface area (TPSA) is 65.2 Å². The first-order valence-corrected chi connectivity index (χ1v) is 4.47. The van der Waals surface area contributed by atoms with E-state index >= 15 is 0 Å². The summed E-state index contributed by atoms with van der Waals surface area (Å²) >= 11 is 6.26. The Balaban J connectivity index is 2.93. The highest BCUT2D eigenvalue weighted by molar-refractivity contribution is 9.11. The summed E-state index contributed by atoms with van der Waals surface area (Å²) < 4.78 is 5.74. The standard InChI is InChI=1S/C6H4Br2N2O2/c7-4-1-3(12-6(9)11)2-5(8)10-4/h1-2H,(H2,9,11). The number of rotatable bonds is 1. The molecule has 1 aromatic heterocycles. The quantitative estimate of drug-likeness (QED) is 0.807. The lowest BCUT2D eigenvalue weighted by Crippen LogP contribution is -2.16.